The van der Waals surface area contributed by atoms with Gasteiger partial charge in [0.2, 0.25) is 5.91 Å². The van der Waals surface area contributed by atoms with Gasteiger partial charge in [-0.2, -0.15) is 18.3 Å². The van der Waals surface area contributed by atoms with Gasteiger partial charge in [-0.25, -0.2) is 0 Å². The Balaban J connectivity index is 1.90. The average molecular weight is 330 g/mol. The Hall–Kier alpha value is -2.29. The first kappa shape index (κ1) is 17.1. The van der Waals surface area contributed by atoms with E-state index in [0.29, 0.717) is 5.76 Å². The van der Waals surface area contributed by atoms with Crippen LogP contribution in [0.3, 0.4) is 0 Å². The van der Waals surface area contributed by atoms with Crippen molar-refractivity contribution in [3.8, 4) is 0 Å². The van der Waals surface area contributed by atoms with Crippen molar-refractivity contribution in [2.75, 3.05) is 20.6 Å². The Labute approximate surface area is 130 Å². The molecule has 2 aromatic heterocycles. The van der Waals surface area contributed by atoms with Crippen LogP contribution < -0.4 is 5.32 Å². The number of halogens is 3. The van der Waals surface area contributed by atoms with Crippen LogP contribution in [-0.4, -0.2) is 41.2 Å². The van der Waals surface area contributed by atoms with Crippen molar-refractivity contribution < 1.29 is 22.4 Å². The summed E-state index contributed by atoms with van der Waals surface area (Å²) < 4.78 is 43.6. The van der Waals surface area contributed by atoms with Crippen LogP contribution in [0.25, 0.3) is 0 Å². The SMILES string of the molecule is CN(C)[C@H](CNC(=O)Cn1ccc(C(F)(F)F)n1)c1ccco1. The number of hydrogen-bond donors (Lipinski definition) is 1. The lowest BCUT2D eigenvalue weighted by molar-refractivity contribution is -0.141. The van der Waals surface area contributed by atoms with Gasteiger partial charge >= 0.3 is 6.18 Å². The molecular formula is C14H17F3N4O2. The fraction of sp³-hybridized carbons (Fsp3) is 0.429. The van der Waals surface area contributed by atoms with Crippen molar-refractivity contribution in [2.24, 2.45) is 0 Å². The number of amides is 1. The van der Waals surface area contributed by atoms with E-state index in [2.05, 4.69) is 10.4 Å². The quantitative estimate of drug-likeness (QED) is 0.879. The smallest absolute Gasteiger partial charge is 0.435 e. The molecule has 2 aromatic rings. The van der Waals surface area contributed by atoms with Crippen LogP contribution in [0.5, 0.6) is 0 Å². The zero-order valence-electron chi connectivity index (χ0n) is 12.7. The Morgan fingerprint density at radius 2 is 2.17 bits per heavy atom. The zero-order chi connectivity index (χ0) is 17.0. The van der Waals surface area contributed by atoms with Crippen LogP contribution in [-0.2, 0) is 17.5 Å². The highest BCUT2D eigenvalue weighted by molar-refractivity contribution is 5.75. The number of nitrogens with one attached hydrogen (secondary N) is 1. The molecule has 6 nitrogen and oxygen atoms in total. The second kappa shape index (κ2) is 6.86. The van der Waals surface area contributed by atoms with Crippen LogP contribution in [0.2, 0.25) is 0 Å². The van der Waals surface area contributed by atoms with Crippen LogP contribution in [0.4, 0.5) is 13.2 Å². The molecule has 0 fully saturated rings. The molecule has 9 heteroatoms. The molecular weight excluding hydrogens is 313 g/mol. The number of furan rings is 1. The number of alkyl halides is 3. The average Bonchev–Trinajstić information content (AvgIpc) is 3.09. The van der Waals surface area contributed by atoms with E-state index in [1.807, 2.05) is 19.0 Å². The minimum absolute atomic E-state index is 0.169. The third-order valence-corrected chi connectivity index (χ3v) is 3.22. The van der Waals surface area contributed by atoms with Crippen LogP contribution in [0.15, 0.2) is 35.1 Å². The standard InChI is InChI=1S/C14H17F3N4O2/c1-20(2)10(11-4-3-7-23-11)8-18-13(22)9-21-6-5-12(19-21)14(15,16)17/h3-7,10H,8-9H2,1-2H3,(H,18,22)/t10-/m1/s1. The van der Waals surface area contributed by atoms with Crippen molar-refractivity contribution in [3.63, 3.8) is 0 Å². The molecule has 0 radical (unpaired) electrons. The highest BCUT2D eigenvalue weighted by atomic mass is 19.4. The van der Waals surface area contributed by atoms with E-state index in [4.69, 9.17) is 4.42 Å². The summed E-state index contributed by atoms with van der Waals surface area (Å²) in [5, 5.41) is 6.00. The van der Waals surface area contributed by atoms with E-state index >= 15 is 0 Å². The van der Waals surface area contributed by atoms with Gasteiger partial charge in [0.05, 0.1) is 12.3 Å². The van der Waals surface area contributed by atoms with E-state index in [1.54, 1.807) is 12.1 Å². The maximum Gasteiger partial charge on any atom is 0.435 e. The number of likely N-dealkylation sites (N-methyl/N-ethyl adjacent to an activating group) is 1. The molecule has 2 rings (SSSR count). The molecule has 0 aromatic carbocycles. The minimum atomic E-state index is -4.52. The van der Waals surface area contributed by atoms with E-state index in [1.165, 1.54) is 6.26 Å². The number of hydrogen-bond acceptors (Lipinski definition) is 4. The molecule has 1 atom stereocenters. The molecule has 0 aliphatic rings. The maximum absolute atomic E-state index is 12.4. The summed E-state index contributed by atoms with van der Waals surface area (Å²) >= 11 is 0. The van der Waals surface area contributed by atoms with Crippen LogP contribution in [0.1, 0.15) is 17.5 Å². The molecule has 0 saturated carbocycles. The van der Waals surface area contributed by atoms with Gasteiger partial charge < -0.3 is 9.73 Å². The van der Waals surface area contributed by atoms with E-state index in [-0.39, 0.29) is 19.1 Å². The molecule has 23 heavy (non-hydrogen) atoms. The van der Waals surface area contributed by atoms with Crippen molar-refractivity contribution in [2.45, 2.75) is 18.8 Å². The Morgan fingerprint density at radius 3 is 2.70 bits per heavy atom. The highest BCUT2D eigenvalue weighted by Gasteiger charge is 2.33. The molecule has 2 heterocycles. The van der Waals surface area contributed by atoms with Gasteiger partial charge in [-0.3, -0.25) is 14.4 Å². The number of aromatic nitrogens is 2. The summed E-state index contributed by atoms with van der Waals surface area (Å²) in [5.74, 6) is 0.258. The van der Waals surface area contributed by atoms with Crippen LogP contribution in [0, 0.1) is 0 Å². The van der Waals surface area contributed by atoms with Crippen molar-refractivity contribution in [3.05, 3.63) is 42.1 Å². The first-order valence-electron chi connectivity index (χ1n) is 6.84. The maximum atomic E-state index is 12.4. The summed E-state index contributed by atoms with van der Waals surface area (Å²) in [4.78, 5) is 13.7. The number of carbonyl (C=O) groups is 1. The van der Waals surface area contributed by atoms with E-state index in [0.717, 1.165) is 16.9 Å². The van der Waals surface area contributed by atoms with E-state index < -0.39 is 17.8 Å². The second-order valence-corrected chi connectivity index (χ2v) is 5.20. The molecule has 1 N–H and O–H groups in total. The minimum Gasteiger partial charge on any atom is -0.468 e. The van der Waals surface area contributed by atoms with Crippen molar-refractivity contribution in [1.82, 2.24) is 20.0 Å². The topological polar surface area (TPSA) is 63.3 Å². The number of nitrogens with zero attached hydrogens (tertiary/aromatic N) is 3. The molecule has 0 bridgehead atoms. The fourth-order valence-electron chi connectivity index (χ4n) is 2.03. The van der Waals surface area contributed by atoms with Gasteiger partial charge in [0, 0.05) is 12.7 Å². The molecule has 0 unspecified atom stereocenters. The number of rotatable bonds is 6. The highest BCUT2D eigenvalue weighted by Crippen LogP contribution is 2.27. The van der Waals surface area contributed by atoms with Crippen molar-refractivity contribution in [1.29, 1.82) is 0 Å². The predicted molar refractivity (Wildman–Crippen MR) is 75.4 cm³/mol. The summed E-state index contributed by atoms with van der Waals surface area (Å²) in [6, 6.07) is 4.20. The lowest BCUT2D eigenvalue weighted by Gasteiger charge is -2.22. The monoisotopic (exact) mass is 330 g/mol. The first-order chi connectivity index (χ1) is 10.8. The Morgan fingerprint density at radius 1 is 1.43 bits per heavy atom. The van der Waals surface area contributed by atoms with Gasteiger partial charge in [0.15, 0.2) is 5.69 Å². The molecule has 0 spiro atoms. The second-order valence-electron chi connectivity index (χ2n) is 5.20. The Kier molecular flexibility index (Phi) is 5.09. The molecule has 0 aliphatic heterocycles. The summed E-state index contributed by atoms with van der Waals surface area (Å²) in [5.41, 5.74) is -1.02. The van der Waals surface area contributed by atoms with Gasteiger partial charge in [0.1, 0.15) is 12.3 Å². The van der Waals surface area contributed by atoms with E-state index in [9.17, 15) is 18.0 Å². The summed E-state index contributed by atoms with van der Waals surface area (Å²) in [7, 11) is 3.67. The first-order valence-corrected chi connectivity index (χ1v) is 6.84. The van der Waals surface area contributed by atoms with Gasteiger partial charge in [-0.1, -0.05) is 0 Å². The Bertz CT molecular complexity index is 635. The molecule has 1 amide bonds. The van der Waals surface area contributed by atoms with Gasteiger partial charge in [-0.05, 0) is 32.3 Å². The predicted octanol–water partition coefficient (Wildman–Crippen LogP) is 1.91. The van der Waals surface area contributed by atoms with Crippen molar-refractivity contribution >= 4 is 5.91 Å². The lowest BCUT2D eigenvalue weighted by atomic mass is 10.2. The summed E-state index contributed by atoms with van der Waals surface area (Å²) in [6.45, 7) is -0.0128. The largest absolute Gasteiger partial charge is 0.468 e. The number of carbonyl (C=O) groups excluding carboxylic acids is 1. The molecule has 0 saturated heterocycles. The normalized spacial score (nSPS) is 13.3. The zero-order valence-corrected chi connectivity index (χ0v) is 12.7. The fourth-order valence-corrected chi connectivity index (χ4v) is 2.03. The van der Waals surface area contributed by atoms with Gasteiger partial charge in [0.25, 0.3) is 0 Å². The van der Waals surface area contributed by atoms with Crippen LogP contribution >= 0.6 is 0 Å². The van der Waals surface area contributed by atoms with Gasteiger partial charge in [-0.15, -0.1) is 0 Å². The summed E-state index contributed by atoms with van der Waals surface area (Å²) in [6.07, 6.45) is -1.86. The molecule has 126 valence electrons. The lowest BCUT2D eigenvalue weighted by Crippen LogP contribution is -2.36. The third-order valence-electron chi connectivity index (χ3n) is 3.22. The molecule has 0 aliphatic carbocycles. The third kappa shape index (κ3) is 4.59.